The van der Waals surface area contributed by atoms with Gasteiger partial charge in [-0.2, -0.15) is 0 Å². The van der Waals surface area contributed by atoms with Gasteiger partial charge in [0.2, 0.25) is 0 Å². The van der Waals surface area contributed by atoms with Crippen molar-refractivity contribution in [2.24, 2.45) is 0 Å². The van der Waals surface area contributed by atoms with Crippen molar-refractivity contribution in [3.05, 3.63) is 65.6 Å². The molecule has 0 fully saturated rings. The first kappa shape index (κ1) is 13.4. The van der Waals surface area contributed by atoms with E-state index < -0.39 is 0 Å². The van der Waals surface area contributed by atoms with E-state index in [0.29, 0.717) is 0 Å². The van der Waals surface area contributed by atoms with Crippen LogP contribution in [0.2, 0.25) is 0 Å². The first-order chi connectivity index (χ1) is 9.90. The smallest absolute Gasteiger partial charge is 0.0214 e. The molecule has 0 heterocycles. The molecule has 20 heavy (non-hydrogen) atoms. The molecule has 0 spiro atoms. The van der Waals surface area contributed by atoms with Gasteiger partial charge in [-0.15, -0.1) is 0 Å². The molecule has 2 aromatic rings. The Labute approximate surface area is 122 Å². The molecule has 0 unspecified atom stereocenters. The Morgan fingerprint density at radius 1 is 0.750 bits per heavy atom. The Hall–Kier alpha value is -1.56. The molecule has 0 saturated heterocycles. The van der Waals surface area contributed by atoms with Gasteiger partial charge in [-0.1, -0.05) is 75.1 Å². The minimum atomic E-state index is 1.22. The molecule has 0 heteroatoms. The molecule has 1 aliphatic carbocycles. The zero-order chi connectivity index (χ0) is 13.8. The Morgan fingerprint density at radius 3 is 2.45 bits per heavy atom. The van der Waals surface area contributed by atoms with Crippen molar-refractivity contribution in [2.45, 2.75) is 45.4 Å². The van der Waals surface area contributed by atoms with Crippen LogP contribution in [0.1, 0.15) is 55.7 Å². The number of aryl methyl sites for hydroxylation is 1. The maximum Gasteiger partial charge on any atom is 0.0214 e. The molecule has 103 valence electrons. The summed E-state index contributed by atoms with van der Waals surface area (Å²) in [6, 6.07) is 15.5. The highest BCUT2D eigenvalue weighted by atomic mass is 14.2. The van der Waals surface area contributed by atoms with E-state index in [4.69, 9.17) is 0 Å². The first-order valence-electron chi connectivity index (χ1n) is 7.96. The quantitative estimate of drug-likeness (QED) is 0.494. The third kappa shape index (κ3) is 2.65. The second-order valence-corrected chi connectivity index (χ2v) is 5.77. The Kier molecular flexibility index (Phi) is 4.20. The third-order valence-corrected chi connectivity index (χ3v) is 4.30. The van der Waals surface area contributed by atoms with Crippen LogP contribution in [0.25, 0.3) is 11.1 Å². The predicted octanol–water partition coefficient (Wildman–Crippen LogP) is 5.78. The van der Waals surface area contributed by atoms with E-state index in [1.54, 1.807) is 0 Å². The van der Waals surface area contributed by atoms with E-state index in [1.165, 1.54) is 66.3 Å². The van der Waals surface area contributed by atoms with E-state index in [9.17, 15) is 0 Å². The second-order valence-electron chi connectivity index (χ2n) is 5.77. The summed E-state index contributed by atoms with van der Waals surface area (Å²) in [5.41, 5.74) is 7.18. The summed E-state index contributed by atoms with van der Waals surface area (Å²) in [5, 5.41) is 0. The fourth-order valence-electron chi connectivity index (χ4n) is 3.18. The van der Waals surface area contributed by atoms with E-state index in [2.05, 4.69) is 55.8 Å². The van der Waals surface area contributed by atoms with Crippen molar-refractivity contribution in [3.8, 4) is 11.1 Å². The summed E-state index contributed by atoms with van der Waals surface area (Å²) in [5.74, 6) is 0. The van der Waals surface area contributed by atoms with Crippen LogP contribution in [0.5, 0.6) is 0 Å². The highest BCUT2D eigenvalue weighted by molar-refractivity contribution is 5.82. The number of fused-ring (bicyclic) bond motifs is 3. The van der Waals surface area contributed by atoms with Gasteiger partial charge in [-0.3, -0.25) is 0 Å². The van der Waals surface area contributed by atoms with Crippen LogP contribution in [-0.2, 0) is 6.42 Å². The molecule has 0 bridgehead atoms. The van der Waals surface area contributed by atoms with Gasteiger partial charge in [0.1, 0.15) is 0 Å². The standard InChI is InChI=1S/C20H23/c1-2-3-4-5-6-10-16-12-9-14-19-18-13-8-7-11-17(18)15-20(16)19/h7-9,11-15H,2-6,10H2,1H3. The number of hydrogen-bond acceptors (Lipinski definition) is 0. The van der Waals surface area contributed by atoms with E-state index in [0.717, 1.165) is 0 Å². The highest BCUT2D eigenvalue weighted by Gasteiger charge is 2.20. The van der Waals surface area contributed by atoms with Crippen LogP contribution in [0.3, 0.4) is 0 Å². The number of benzene rings is 2. The van der Waals surface area contributed by atoms with Gasteiger partial charge in [0.25, 0.3) is 0 Å². The van der Waals surface area contributed by atoms with Gasteiger partial charge in [0.05, 0.1) is 0 Å². The fourth-order valence-corrected chi connectivity index (χ4v) is 3.18. The summed E-state index contributed by atoms with van der Waals surface area (Å²) in [4.78, 5) is 0. The zero-order valence-corrected chi connectivity index (χ0v) is 12.4. The Bertz CT molecular complexity index is 580. The average Bonchev–Trinajstić information content (AvgIpc) is 2.87. The number of hydrogen-bond donors (Lipinski definition) is 0. The molecule has 0 aliphatic heterocycles. The minimum Gasteiger partial charge on any atom is -0.0654 e. The molecular formula is C20H23. The topological polar surface area (TPSA) is 0 Å². The maximum atomic E-state index is 2.37. The maximum absolute atomic E-state index is 2.37. The molecule has 1 radical (unpaired) electrons. The van der Waals surface area contributed by atoms with Crippen molar-refractivity contribution >= 4 is 0 Å². The lowest BCUT2D eigenvalue weighted by Crippen LogP contribution is -1.92. The molecule has 0 aromatic heterocycles. The van der Waals surface area contributed by atoms with E-state index in [-0.39, 0.29) is 0 Å². The van der Waals surface area contributed by atoms with Gasteiger partial charge in [-0.05, 0) is 40.7 Å². The van der Waals surface area contributed by atoms with Crippen molar-refractivity contribution < 1.29 is 0 Å². The van der Waals surface area contributed by atoms with E-state index >= 15 is 0 Å². The van der Waals surface area contributed by atoms with Crippen molar-refractivity contribution in [3.63, 3.8) is 0 Å². The zero-order valence-electron chi connectivity index (χ0n) is 12.4. The van der Waals surface area contributed by atoms with Crippen LogP contribution in [0.15, 0.2) is 42.5 Å². The number of unbranched alkanes of at least 4 members (excludes halogenated alkanes) is 4. The summed E-state index contributed by atoms with van der Waals surface area (Å²) in [6.45, 7) is 2.27. The van der Waals surface area contributed by atoms with Gasteiger partial charge in [0, 0.05) is 6.42 Å². The molecular weight excluding hydrogens is 240 g/mol. The molecule has 0 N–H and O–H groups in total. The monoisotopic (exact) mass is 263 g/mol. The lowest BCUT2D eigenvalue weighted by atomic mass is 9.97. The first-order valence-corrected chi connectivity index (χ1v) is 7.96. The molecule has 0 saturated carbocycles. The van der Waals surface area contributed by atoms with Gasteiger partial charge < -0.3 is 0 Å². The Balaban J connectivity index is 1.73. The SMILES string of the molecule is CCCCCCCc1cccc2c1[CH]c1ccccc1-2. The lowest BCUT2D eigenvalue weighted by molar-refractivity contribution is 0.632. The largest absolute Gasteiger partial charge is 0.0654 e. The van der Waals surface area contributed by atoms with Crippen molar-refractivity contribution in [1.82, 2.24) is 0 Å². The summed E-state index contributed by atoms with van der Waals surface area (Å²) < 4.78 is 0. The second kappa shape index (κ2) is 6.26. The third-order valence-electron chi connectivity index (χ3n) is 4.30. The lowest BCUT2D eigenvalue weighted by Gasteiger charge is -2.08. The minimum absolute atomic E-state index is 1.22. The molecule has 1 aliphatic rings. The van der Waals surface area contributed by atoms with Gasteiger partial charge >= 0.3 is 0 Å². The van der Waals surface area contributed by atoms with Crippen LogP contribution in [0, 0.1) is 6.42 Å². The van der Waals surface area contributed by atoms with Crippen LogP contribution in [-0.4, -0.2) is 0 Å². The van der Waals surface area contributed by atoms with Crippen molar-refractivity contribution in [2.75, 3.05) is 0 Å². The fraction of sp³-hybridized carbons (Fsp3) is 0.350. The molecule has 0 nitrogen and oxygen atoms in total. The summed E-state index contributed by atoms with van der Waals surface area (Å²) in [6.07, 6.45) is 10.4. The number of rotatable bonds is 6. The summed E-state index contributed by atoms with van der Waals surface area (Å²) >= 11 is 0. The van der Waals surface area contributed by atoms with Crippen LogP contribution in [0.4, 0.5) is 0 Å². The van der Waals surface area contributed by atoms with Gasteiger partial charge in [-0.25, -0.2) is 0 Å². The summed E-state index contributed by atoms with van der Waals surface area (Å²) in [7, 11) is 0. The molecule has 2 aromatic carbocycles. The molecule has 0 atom stereocenters. The van der Waals surface area contributed by atoms with Crippen LogP contribution >= 0.6 is 0 Å². The molecule has 0 amide bonds. The van der Waals surface area contributed by atoms with Crippen molar-refractivity contribution in [1.29, 1.82) is 0 Å². The van der Waals surface area contributed by atoms with Crippen LogP contribution < -0.4 is 0 Å². The van der Waals surface area contributed by atoms with Gasteiger partial charge in [0.15, 0.2) is 0 Å². The normalized spacial score (nSPS) is 12.2. The van der Waals surface area contributed by atoms with E-state index in [1.807, 2.05) is 0 Å². The molecule has 3 rings (SSSR count). The Morgan fingerprint density at radius 2 is 1.55 bits per heavy atom. The highest BCUT2D eigenvalue weighted by Crippen LogP contribution is 2.39. The predicted molar refractivity (Wildman–Crippen MR) is 86.8 cm³/mol. The average molecular weight is 263 g/mol.